The van der Waals surface area contributed by atoms with Gasteiger partial charge in [0.1, 0.15) is 6.04 Å². The number of carbonyl (C=O) groups excluding carboxylic acids is 2. The van der Waals surface area contributed by atoms with Crippen LogP contribution in [-0.2, 0) is 16.0 Å². The Hall–Kier alpha value is -3.18. The molecule has 0 radical (unpaired) electrons. The van der Waals surface area contributed by atoms with Crippen LogP contribution in [0.5, 0.6) is 0 Å². The van der Waals surface area contributed by atoms with Gasteiger partial charge in [0.05, 0.1) is 18.9 Å². The molecule has 3 N–H and O–H groups in total. The number of hydrogen-bond acceptors (Lipinski definition) is 3. The summed E-state index contributed by atoms with van der Waals surface area (Å²) in [4.78, 5) is 23.7. The minimum atomic E-state index is -1.23. The van der Waals surface area contributed by atoms with E-state index < -0.39 is 12.0 Å². The number of carbonyl (C=O) groups is 2. The van der Waals surface area contributed by atoms with E-state index in [0.29, 0.717) is 12.2 Å². The zero-order chi connectivity index (χ0) is 19.1. The van der Waals surface area contributed by atoms with E-state index >= 15 is 0 Å². The van der Waals surface area contributed by atoms with Crippen LogP contribution in [0.1, 0.15) is 12.0 Å². The topological polar surface area (TPSA) is 85.8 Å². The maximum atomic E-state index is 12.3. The van der Waals surface area contributed by atoms with Crippen LogP contribution in [0.25, 0.3) is 10.8 Å². The van der Waals surface area contributed by atoms with Crippen LogP contribution in [0.3, 0.4) is 0 Å². The Bertz CT molecular complexity index is 925. The van der Waals surface area contributed by atoms with Gasteiger partial charge in [-0.05, 0) is 28.5 Å². The van der Waals surface area contributed by atoms with Crippen LogP contribution < -0.4 is 15.7 Å². The monoisotopic (exact) mass is 362 g/mol. The third kappa shape index (κ3) is 5.39. The maximum absolute atomic E-state index is 12.3. The Balaban J connectivity index is 1.55. The second-order valence-corrected chi connectivity index (χ2v) is 6.50. The second kappa shape index (κ2) is 8.96. The molecule has 0 unspecified atom stereocenters. The Kier molecular flexibility index (Phi) is 6.18. The normalized spacial score (nSPS) is 11.9. The highest BCUT2D eigenvalue weighted by molar-refractivity contribution is 5.96. The molecule has 27 heavy (non-hydrogen) atoms. The molecule has 1 amide bonds. The molecule has 0 fully saturated rings. The van der Waals surface area contributed by atoms with Gasteiger partial charge in [0, 0.05) is 12.1 Å². The van der Waals surface area contributed by atoms with Gasteiger partial charge < -0.3 is 20.5 Å². The highest BCUT2D eigenvalue weighted by atomic mass is 16.4. The molecule has 138 valence electrons. The number of carboxylic acid groups (broad SMARTS) is 1. The first kappa shape index (κ1) is 18.6. The van der Waals surface area contributed by atoms with Crippen molar-refractivity contribution in [2.45, 2.75) is 18.9 Å². The van der Waals surface area contributed by atoms with Crippen molar-refractivity contribution in [1.29, 1.82) is 0 Å². The van der Waals surface area contributed by atoms with Crippen LogP contribution in [-0.4, -0.2) is 24.5 Å². The van der Waals surface area contributed by atoms with E-state index in [1.165, 1.54) is 0 Å². The second-order valence-electron chi connectivity index (χ2n) is 6.50. The molecule has 0 saturated carbocycles. The first-order chi connectivity index (χ1) is 13.1. The fourth-order valence-electron chi connectivity index (χ4n) is 3.04. The molecular formula is C22H22N2O3. The SMILES string of the molecule is O=C(C[C@H]([NH2+]CCc1ccccc1)C(=O)[O-])Nc1ccc2ccccc2c1. The van der Waals surface area contributed by atoms with Crippen molar-refractivity contribution in [3.63, 3.8) is 0 Å². The molecule has 0 aliphatic carbocycles. The fraction of sp³-hybridized carbons (Fsp3) is 0.182. The third-order valence-corrected chi connectivity index (χ3v) is 4.47. The maximum Gasteiger partial charge on any atom is 0.230 e. The highest BCUT2D eigenvalue weighted by Gasteiger charge is 2.18. The summed E-state index contributed by atoms with van der Waals surface area (Å²) in [6.07, 6.45) is 0.598. The molecule has 1 atom stereocenters. The van der Waals surface area contributed by atoms with Gasteiger partial charge in [-0.25, -0.2) is 0 Å². The summed E-state index contributed by atoms with van der Waals surface area (Å²) in [5, 5.41) is 17.9. The van der Waals surface area contributed by atoms with Crippen molar-refractivity contribution in [3.8, 4) is 0 Å². The molecule has 3 rings (SSSR count). The van der Waals surface area contributed by atoms with Crippen LogP contribution in [0, 0.1) is 0 Å². The molecule has 0 aromatic heterocycles. The average molecular weight is 362 g/mol. The lowest BCUT2D eigenvalue weighted by Gasteiger charge is -2.16. The van der Waals surface area contributed by atoms with Crippen LogP contribution in [0.15, 0.2) is 72.8 Å². The fourth-order valence-corrected chi connectivity index (χ4v) is 3.04. The van der Waals surface area contributed by atoms with Crippen molar-refractivity contribution in [2.75, 3.05) is 11.9 Å². The molecule has 5 heteroatoms. The number of quaternary nitrogens is 1. The van der Waals surface area contributed by atoms with E-state index in [2.05, 4.69) is 5.32 Å². The number of hydrogen-bond donors (Lipinski definition) is 2. The smallest absolute Gasteiger partial charge is 0.230 e. The number of anilines is 1. The quantitative estimate of drug-likeness (QED) is 0.629. The summed E-state index contributed by atoms with van der Waals surface area (Å²) < 4.78 is 0. The van der Waals surface area contributed by atoms with Gasteiger partial charge in [-0.3, -0.25) is 4.79 Å². The van der Waals surface area contributed by atoms with Crippen molar-refractivity contribution < 1.29 is 20.0 Å². The van der Waals surface area contributed by atoms with Gasteiger partial charge in [-0.2, -0.15) is 0 Å². The largest absolute Gasteiger partial charge is 0.544 e. The number of nitrogens with one attached hydrogen (secondary N) is 1. The zero-order valence-corrected chi connectivity index (χ0v) is 14.9. The molecule has 3 aromatic rings. The number of aliphatic carboxylic acids is 1. The standard InChI is InChI=1S/C22H22N2O3/c25-21(24-19-11-10-17-8-4-5-9-18(17)14-19)15-20(22(26)27)23-13-12-16-6-2-1-3-7-16/h1-11,14,20,23H,12-13,15H2,(H,24,25)(H,26,27)/t20-/m0/s1. The highest BCUT2D eigenvalue weighted by Crippen LogP contribution is 2.18. The van der Waals surface area contributed by atoms with E-state index in [-0.39, 0.29) is 12.3 Å². The molecule has 0 aliphatic heterocycles. The van der Waals surface area contributed by atoms with Crippen molar-refractivity contribution in [1.82, 2.24) is 0 Å². The number of carboxylic acids is 1. The van der Waals surface area contributed by atoms with Crippen molar-refractivity contribution in [2.24, 2.45) is 0 Å². The molecule has 0 heterocycles. The number of fused-ring (bicyclic) bond motifs is 1. The summed E-state index contributed by atoms with van der Waals surface area (Å²) in [6, 6.07) is 22.4. The van der Waals surface area contributed by atoms with Crippen molar-refractivity contribution in [3.05, 3.63) is 78.4 Å². The number of nitrogens with two attached hydrogens (primary N) is 1. The minimum Gasteiger partial charge on any atom is -0.544 e. The lowest BCUT2D eigenvalue weighted by Crippen LogP contribution is -2.93. The summed E-state index contributed by atoms with van der Waals surface area (Å²) >= 11 is 0. The number of benzene rings is 3. The summed E-state index contributed by atoms with van der Waals surface area (Å²) in [5.41, 5.74) is 1.78. The molecule has 0 aliphatic rings. The molecule has 0 spiro atoms. The summed E-state index contributed by atoms with van der Waals surface area (Å²) in [7, 11) is 0. The van der Waals surface area contributed by atoms with Crippen LogP contribution in [0.4, 0.5) is 5.69 Å². The van der Waals surface area contributed by atoms with Crippen molar-refractivity contribution >= 4 is 28.3 Å². The summed E-state index contributed by atoms with van der Waals surface area (Å²) in [5.74, 6) is -1.56. The lowest BCUT2D eigenvalue weighted by molar-refractivity contribution is -0.682. The van der Waals surface area contributed by atoms with E-state index in [0.717, 1.165) is 22.8 Å². The Morgan fingerprint density at radius 3 is 2.37 bits per heavy atom. The van der Waals surface area contributed by atoms with Gasteiger partial charge in [-0.15, -0.1) is 0 Å². The Morgan fingerprint density at radius 1 is 0.926 bits per heavy atom. The van der Waals surface area contributed by atoms with E-state index in [1.807, 2.05) is 72.8 Å². The average Bonchev–Trinajstić information content (AvgIpc) is 2.68. The van der Waals surface area contributed by atoms with Gasteiger partial charge in [0.2, 0.25) is 5.91 Å². The van der Waals surface area contributed by atoms with E-state index in [1.54, 1.807) is 5.32 Å². The molecule has 0 bridgehead atoms. The summed E-state index contributed by atoms with van der Waals surface area (Å²) in [6.45, 7) is 0.575. The first-order valence-corrected chi connectivity index (χ1v) is 8.98. The van der Waals surface area contributed by atoms with E-state index in [4.69, 9.17) is 0 Å². The minimum absolute atomic E-state index is 0.135. The molecular weight excluding hydrogens is 340 g/mol. The number of rotatable bonds is 8. The predicted octanol–water partition coefficient (Wildman–Crippen LogP) is 1.09. The van der Waals surface area contributed by atoms with Gasteiger partial charge in [-0.1, -0.05) is 60.7 Å². The van der Waals surface area contributed by atoms with E-state index in [9.17, 15) is 14.7 Å². The Morgan fingerprint density at radius 2 is 1.63 bits per heavy atom. The Labute approximate surface area is 158 Å². The van der Waals surface area contributed by atoms with Gasteiger partial charge in [0.25, 0.3) is 0 Å². The first-order valence-electron chi connectivity index (χ1n) is 8.98. The lowest BCUT2D eigenvalue weighted by atomic mass is 10.1. The predicted molar refractivity (Wildman–Crippen MR) is 103 cm³/mol. The van der Waals surface area contributed by atoms with Crippen LogP contribution in [0.2, 0.25) is 0 Å². The van der Waals surface area contributed by atoms with Crippen LogP contribution >= 0.6 is 0 Å². The molecule has 5 nitrogen and oxygen atoms in total. The van der Waals surface area contributed by atoms with Gasteiger partial charge in [0.15, 0.2) is 0 Å². The molecule has 0 saturated heterocycles. The zero-order valence-electron chi connectivity index (χ0n) is 14.9. The number of amides is 1. The third-order valence-electron chi connectivity index (χ3n) is 4.47. The van der Waals surface area contributed by atoms with Gasteiger partial charge >= 0.3 is 0 Å². The molecule has 3 aromatic carbocycles.